The van der Waals surface area contributed by atoms with Gasteiger partial charge in [0.1, 0.15) is 18.0 Å². The van der Waals surface area contributed by atoms with Gasteiger partial charge in [0.25, 0.3) is 0 Å². The Morgan fingerprint density at radius 1 is 1.15 bits per heavy atom. The summed E-state index contributed by atoms with van der Waals surface area (Å²) in [7, 11) is 4.79. The van der Waals surface area contributed by atoms with Gasteiger partial charge in [-0.15, -0.1) is 0 Å². The van der Waals surface area contributed by atoms with E-state index >= 15 is 0 Å². The minimum absolute atomic E-state index is 0.171. The second-order valence-electron chi connectivity index (χ2n) is 5.73. The Hall–Kier alpha value is -3.55. The van der Waals surface area contributed by atoms with Crippen LogP contribution in [0.15, 0.2) is 53.1 Å². The average molecular weight is 368 g/mol. The molecule has 1 heterocycles. The zero-order chi connectivity index (χ0) is 19.2. The van der Waals surface area contributed by atoms with E-state index in [4.69, 9.17) is 14.0 Å². The number of nitrogens with one attached hydrogen (secondary N) is 1. The number of hydrogen-bond donors (Lipinski definition) is 1. The maximum absolute atomic E-state index is 12.3. The summed E-state index contributed by atoms with van der Waals surface area (Å²) in [5.74, 6) is 1.92. The number of amides is 2. The number of carbonyl (C=O) groups excluding carboxylic acids is 1. The number of urea groups is 1. The van der Waals surface area contributed by atoms with Crippen LogP contribution in [-0.4, -0.2) is 42.3 Å². The number of aromatic nitrogens is 2. The number of anilines is 1. The van der Waals surface area contributed by atoms with Crippen LogP contribution in [0.1, 0.15) is 5.89 Å². The number of methoxy groups -OCH3 is 2. The molecule has 8 heteroatoms. The molecule has 0 atom stereocenters. The molecule has 3 aromatic rings. The maximum Gasteiger partial charge on any atom is 0.322 e. The molecule has 0 saturated heterocycles. The lowest BCUT2D eigenvalue weighted by Gasteiger charge is -2.15. The molecule has 2 amide bonds. The Balaban J connectivity index is 1.70. The number of benzene rings is 2. The number of ether oxygens (including phenoxy) is 2. The molecule has 8 nitrogen and oxygen atoms in total. The van der Waals surface area contributed by atoms with Crippen LogP contribution in [-0.2, 0) is 6.54 Å². The minimum Gasteiger partial charge on any atom is -0.497 e. The first-order valence-corrected chi connectivity index (χ1v) is 8.23. The first-order chi connectivity index (χ1) is 13.1. The van der Waals surface area contributed by atoms with Gasteiger partial charge in [0, 0.05) is 18.8 Å². The van der Waals surface area contributed by atoms with Crippen LogP contribution < -0.4 is 14.8 Å². The number of para-hydroxylation sites is 1. The van der Waals surface area contributed by atoms with Gasteiger partial charge in [-0.05, 0) is 24.3 Å². The summed E-state index contributed by atoms with van der Waals surface area (Å²) in [6.45, 7) is 0.171. The van der Waals surface area contributed by atoms with Gasteiger partial charge in [-0.2, -0.15) is 4.98 Å². The topological polar surface area (TPSA) is 89.7 Å². The molecule has 0 aliphatic heterocycles. The number of nitrogens with zero attached hydrogens (tertiary/aromatic N) is 3. The zero-order valence-electron chi connectivity index (χ0n) is 15.3. The van der Waals surface area contributed by atoms with Crippen molar-refractivity contribution < 1.29 is 18.8 Å². The van der Waals surface area contributed by atoms with Gasteiger partial charge in [-0.25, -0.2) is 4.79 Å². The highest BCUT2D eigenvalue weighted by atomic mass is 16.5. The summed E-state index contributed by atoms with van der Waals surface area (Å²) in [4.78, 5) is 18.1. The van der Waals surface area contributed by atoms with E-state index in [0.717, 1.165) is 0 Å². The molecule has 0 spiro atoms. The molecule has 0 unspecified atom stereocenters. The summed E-state index contributed by atoms with van der Waals surface area (Å²) in [6.07, 6.45) is 0. The monoisotopic (exact) mass is 368 g/mol. The molecule has 0 saturated carbocycles. The summed E-state index contributed by atoms with van der Waals surface area (Å²) in [5.41, 5.74) is 1.38. The van der Waals surface area contributed by atoms with Crippen LogP contribution in [0.5, 0.6) is 11.5 Å². The zero-order valence-corrected chi connectivity index (χ0v) is 15.3. The number of hydrogen-bond acceptors (Lipinski definition) is 6. The van der Waals surface area contributed by atoms with Crippen molar-refractivity contribution in [2.24, 2.45) is 0 Å². The van der Waals surface area contributed by atoms with Crippen LogP contribution in [0.3, 0.4) is 0 Å². The van der Waals surface area contributed by atoms with E-state index in [-0.39, 0.29) is 12.6 Å². The Labute approximate surface area is 156 Å². The normalized spacial score (nSPS) is 10.3. The second-order valence-corrected chi connectivity index (χ2v) is 5.73. The van der Waals surface area contributed by atoms with Crippen molar-refractivity contribution in [3.8, 4) is 22.9 Å². The van der Waals surface area contributed by atoms with Crippen molar-refractivity contribution in [1.29, 1.82) is 0 Å². The van der Waals surface area contributed by atoms with Gasteiger partial charge < -0.3 is 24.2 Å². The van der Waals surface area contributed by atoms with Crippen molar-refractivity contribution in [3.63, 3.8) is 0 Å². The fourth-order valence-electron chi connectivity index (χ4n) is 2.43. The molecule has 140 valence electrons. The first kappa shape index (κ1) is 18.2. The van der Waals surface area contributed by atoms with Gasteiger partial charge >= 0.3 is 6.03 Å². The molecule has 1 aromatic heterocycles. The predicted molar refractivity (Wildman–Crippen MR) is 99.8 cm³/mol. The van der Waals surface area contributed by atoms with Gasteiger partial charge in [-0.1, -0.05) is 23.4 Å². The fourth-order valence-corrected chi connectivity index (χ4v) is 2.43. The first-order valence-electron chi connectivity index (χ1n) is 8.23. The van der Waals surface area contributed by atoms with Crippen molar-refractivity contribution in [2.75, 3.05) is 26.6 Å². The van der Waals surface area contributed by atoms with E-state index in [1.165, 1.54) is 4.90 Å². The SMILES string of the molecule is COc1ccc(-c2noc(CN(C)C(=O)Nc3ccccc3)n2)c(OC)c1. The maximum atomic E-state index is 12.3. The van der Waals surface area contributed by atoms with E-state index in [1.807, 2.05) is 30.3 Å². The highest BCUT2D eigenvalue weighted by Gasteiger charge is 2.17. The third-order valence-corrected chi connectivity index (χ3v) is 3.86. The van der Waals surface area contributed by atoms with Crippen molar-refractivity contribution in [2.45, 2.75) is 6.54 Å². The smallest absolute Gasteiger partial charge is 0.322 e. The van der Waals surface area contributed by atoms with E-state index in [1.54, 1.807) is 39.5 Å². The summed E-state index contributed by atoms with van der Waals surface area (Å²) in [5, 5.41) is 6.78. The predicted octanol–water partition coefficient (Wildman–Crippen LogP) is 3.42. The number of rotatable bonds is 6. The molecule has 3 rings (SSSR count). The molecule has 0 bridgehead atoms. The lowest BCUT2D eigenvalue weighted by molar-refractivity contribution is 0.213. The van der Waals surface area contributed by atoms with Crippen LogP contribution in [0.25, 0.3) is 11.4 Å². The molecular formula is C19H20N4O4. The fraction of sp³-hybridized carbons (Fsp3) is 0.211. The Bertz CT molecular complexity index is 911. The third kappa shape index (κ3) is 4.35. The summed E-state index contributed by atoms with van der Waals surface area (Å²) < 4.78 is 15.8. The lowest BCUT2D eigenvalue weighted by atomic mass is 10.2. The molecule has 0 radical (unpaired) electrons. The number of carbonyl (C=O) groups is 1. The van der Waals surface area contributed by atoms with Gasteiger partial charge in [0.15, 0.2) is 0 Å². The highest BCUT2D eigenvalue weighted by Crippen LogP contribution is 2.31. The van der Waals surface area contributed by atoms with E-state index in [2.05, 4.69) is 15.5 Å². The van der Waals surface area contributed by atoms with Crippen LogP contribution in [0.4, 0.5) is 10.5 Å². The standard InChI is InChI=1S/C19H20N4O4/c1-23(19(24)20-13-7-5-4-6-8-13)12-17-21-18(22-27-17)15-10-9-14(25-2)11-16(15)26-3/h4-11H,12H2,1-3H3,(H,20,24). The molecule has 0 aliphatic rings. The van der Waals surface area contributed by atoms with Crippen molar-refractivity contribution in [1.82, 2.24) is 15.0 Å². The minimum atomic E-state index is -0.275. The molecule has 27 heavy (non-hydrogen) atoms. The largest absolute Gasteiger partial charge is 0.497 e. The lowest BCUT2D eigenvalue weighted by Crippen LogP contribution is -2.30. The Morgan fingerprint density at radius 3 is 2.63 bits per heavy atom. The van der Waals surface area contributed by atoms with Crippen LogP contribution in [0.2, 0.25) is 0 Å². The van der Waals surface area contributed by atoms with E-state index < -0.39 is 0 Å². The van der Waals surface area contributed by atoms with Gasteiger partial charge in [0.2, 0.25) is 11.7 Å². The second kappa shape index (κ2) is 8.22. The van der Waals surface area contributed by atoms with E-state index in [9.17, 15) is 4.79 Å². The third-order valence-electron chi connectivity index (χ3n) is 3.86. The average Bonchev–Trinajstić information content (AvgIpc) is 3.16. The molecule has 2 aromatic carbocycles. The highest BCUT2D eigenvalue weighted by molar-refractivity contribution is 5.88. The van der Waals surface area contributed by atoms with E-state index in [0.29, 0.717) is 34.5 Å². The summed E-state index contributed by atoms with van der Waals surface area (Å²) >= 11 is 0. The molecule has 1 N–H and O–H groups in total. The quantitative estimate of drug-likeness (QED) is 0.717. The van der Waals surface area contributed by atoms with Crippen molar-refractivity contribution >= 4 is 11.7 Å². The molecular weight excluding hydrogens is 348 g/mol. The van der Waals surface area contributed by atoms with Gasteiger partial charge in [0.05, 0.1) is 19.8 Å². The molecule has 0 aliphatic carbocycles. The summed E-state index contributed by atoms with van der Waals surface area (Å²) in [6, 6.07) is 14.2. The van der Waals surface area contributed by atoms with Crippen LogP contribution in [0, 0.1) is 0 Å². The van der Waals surface area contributed by atoms with Gasteiger partial charge in [-0.3, -0.25) is 0 Å². The Morgan fingerprint density at radius 2 is 1.93 bits per heavy atom. The molecule has 0 fully saturated rings. The Kier molecular flexibility index (Phi) is 5.55. The van der Waals surface area contributed by atoms with Crippen molar-refractivity contribution in [3.05, 3.63) is 54.4 Å². The van der Waals surface area contributed by atoms with Crippen LogP contribution >= 0.6 is 0 Å².